The Labute approximate surface area is 174 Å². The van der Waals surface area contributed by atoms with Crippen LogP contribution in [0.3, 0.4) is 0 Å². The predicted octanol–water partition coefficient (Wildman–Crippen LogP) is 2.54. The van der Waals surface area contributed by atoms with Crippen molar-refractivity contribution in [3.63, 3.8) is 0 Å². The molecule has 5 rings (SSSR count). The van der Waals surface area contributed by atoms with E-state index in [0.717, 1.165) is 64.7 Å². The van der Waals surface area contributed by atoms with E-state index in [1.165, 1.54) is 5.57 Å². The molecule has 4 aliphatic carbocycles. The van der Waals surface area contributed by atoms with Gasteiger partial charge in [-0.05, 0) is 73.2 Å². The van der Waals surface area contributed by atoms with Crippen molar-refractivity contribution in [1.29, 1.82) is 0 Å². The van der Waals surface area contributed by atoms with E-state index in [-0.39, 0.29) is 34.6 Å². The van der Waals surface area contributed by atoms with Gasteiger partial charge in [0.05, 0.1) is 6.10 Å². The maximum absolute atomic E-state index is 13.4. The minimum atomic E-state index is -0.375. The highest BCUT2D eigenvalue weighted by atomic mass is 16.3. The van der Waals surface area contributed by atoms with Crippen LogP contribution in [0.5, 0.6) is 0 Å². The van der Waals surface area contributed by atoms with Crippen LogP contribution in [-0.4, -0.2) is 54.0 Å². The molecule has 0 bridgehead atoms. The summed E-state index contributed by atoms with van der Waals surface area (Å²) in [6.45, 7) is 7.99. The van der Waals surface area contributed by atoms with Crippen LogP contribution >= 0.6 is 0 Å². The molecule has 1 aliphatic heterocycles. The van der Waals surface area contributed by atoms with E-state index in [1.54, 1.807) is 0 Å². The van der Waals surface area contributed by atoms with Crippen molar-refractivity contribution < 1.29 is 14.7 Å². The zero-order valence-electron chi connectivity index (χ0n) is 18.0. The molecule has 29 heavy (non-hydrogen) atoms. The normalized spacial score (nSPS) is 47.1. The van der Waals surface area contributed by atoms with Gasteiger partial charge in [-0.25, -0.2) is 0 Å². The van der Waals surface area contributed by atoms with Crippen molar-refractivity contribution in [3.8, 4) is 0 Å². The van der Waals surface area contributed by atoms with Crippen molar-refractivity contribution in [3.05, 3.63) is 11.6 Å². The van der Waals surface area contributed by atoms with Crippen molar-refractivity contribution >= 4 is 11.7 Å². The van der Waals surface area contributed by atoms with Crippen LogP contribution in [0.1, 0.15) is 58.8 Å². The Kier molecular flexibility index (Phi) is 4.71. The molecule has 0 radical (unpaired) electrons. The van der Waals surface area contributed by atoms with Crippen LogP contribution in [0.4, 0.5) is 0 Å². The van der Waals surface area contributed by atoms with E-state index >= 15 is 0 Å². The summed E-state index contributed by atoms with van der Waals surface area (Å²) < 4.78 is 0. The fraction of sp³-hybridized carbons (Fsp3) is 0.833. The largest absolute Gasteiger partial charge is 0.393 e. The third-order valence-corrected chi connectivity index (χ3v) is 9.62. The lowest BCUT2D eigenvalue weighted by molar-refractivity contribution is -0.153. The smallest absolute Gasteiger partial charge is 0.226 e. The summed E-state index contributed by atoms with van der Waals surface area (Å²) in [4.78, 5) is 27.5. The molecular weight excluding hydrogens is 364 g/mol. The third-order valence-electron chi connectivity index (χ3n) is 9.62. The molecule has 1 saturated heterocycles. The average Bonchev–Trinajstić information content (AvgIpc) is 3.05. The number of hydrogen-bond donors (Lipinski definition) is 2. The van der Waals surface area contributed by atoms with Crippen molar-refractivity contribution in [1.82, 2.24) is 10.2 Å². The number of allylic oxidation sites excluding steroid dienone is 1. The summed E-state index contributed by atoms with van der Waals surface area (Å²) in [5, 5.41) is 14.8. The van der Waals surface area contributed by atoms with Crippen LogP contribution in [0.2, 0.25) is 0 Å². The molecule has 2 N–H and O–H groups in total. The average molecular weight is 401 g/mol. The fourth-order valence-electron chi connectivity index (χ4n) is 8.20. The molecular formula is C24H36N2O3. The number of amides is 1. The molecule has 160 valence electrons. The summed E-state index contributed by atoms with van der Waals surface area (Å²) >= 11 is 0. The molecule has 0 aromatic carbocycles. The molecule has 4 fully saturated rings. The molecule has 5 nitrogen and oxygen atoms in total. The van der Waals surface area contributed by atoms with Crippen molar-refractivity contribution in [2.75, 3.05) is 26.2 Å². The van der Waals surface area contributed by atoms with Gasteiger partial charge in [-0.15, -0.1) is 0 Å². The number of carbonyl (C=O) groups is 2. The van der Waals surface area contributed by atoms with Gasteiger partial charge >= 0.3 is 0 Å². The Morgan fingerprint density at radius 3 is 2.69 bits per heavy atom. The van der Waals surface area contributed by atoms with Gasteiger partial charge in [0.25, 0.3) is 0 Å². The highest BCUT2D eigenvalue weighted by molar-refractivity contribution is 5.91. The van der Waals surface area contributed by atoms with Crippen molar-refractivity contribution in [2.45, 2.75) is 64.9 Å². The Morgan fingerprint density at radius 1 is 1.17 bits per heavy atom. The molecule has 0 aromatic heterocycles. The van der Waals surface area contributed by atoms with Gasteiger partial charge in [0.2, 0.25) is 5.91 Å². The first-order chi connectivity index (χ1) is 13.8. The fourth-order valence-corrected chi connectivity index (χ4v) is 8.20. The van der Waals surface area contributed by atoms with Crippen LogP contribution in [0.15, 0.2) is 11.6 Å². The van der Waals surface area contributed by atoms with Gasteiger partial charge in [0.1, 0.15) is 0 Å². The SMILES string of the molecule is C[C@]12C[C@H](O)C3C(CCC4=CC(=O)CC[C@@]43C)C1CCC2C(=O)N1CCNCC1. The summed E-state index contributed by atoms with van der Waals surface area (Å²) in [6.07, 6.45) is 7.87. The van der Waals surface area contributed by atoms with Gasteiger partial charge in [-0.2, -0.15) is 0 Å². The van der Waals surface area contributed by atoms with Crippen LogP contribution in [0.25, 0.3) is 0 Å². The predicted molar refractivity (Wildman–Crippen MR) is 111 cm³/mol. The van der Waals surface area contributed by atoms with Gasteiger partial charge in [0, 0.05) is 38.5 Å². The standard InChI is InChI=1S/C24H36N2O3/c1-23-8-7-16(27)13-15(23)3-4-17-18-5-6-19(22(29)26-11-9-25-10-12-26)24(18,2)14-20(28)21(17)23/h13,17-21,25,28H,3-12,14H2,1-2H3/t17?,18?,19?,20-,21?,23-,24-/m0/s1. The second-order valence-electron chi connectivity index (χ2n) is 10.9. The lowest BCUT2D eigenvalue weighted by Gasteiger charge is -2.59. The number of fused-ring (bicyclic) bond motifs is 5. The third kappa shape index (κ3) is 2.87. The maximum Gasteiger partial charge on any atom is 0.226 e. The highest BCUT2D eigenvalue weighted by Crippen LogP contribution is 2.66. The van der Waals surface area contributed by atoms with Gasteiger partial charge in [-0.3, -0.25) is 9.59 Å². The van der Waals surface area contributed by atoms with E-state index in [2.05, 4.69) is 24.1 Å². The van der Waals surface area contributed by atoms with E-state index in [0.29, 0.717) is 24.2 Å². The quantitative estimate of drug-likeness (QED) is 0.710. The zero-order chi connectivity index (χ0) is 20.4. The van der Waals surface area contributed by atoms with Gasteiger partial charge < -0.3 is 15.3 Å². The number of nitrogens with zero attached hydrogens (tertiary/aromatic N) is 1. The summed E-state index contributed by atoms with van der Waals surface area (Å²) in [7, 11) is 0. The first-order valence-corrected chi connectivity index (χ1v) is 11.8. The molecule has 1 amide bonds. The van der Waals surface area contributed by atoms with Crippen molar-refractivity contribution in [2.24, 2.45) is 34.5 Å². The lowest BCUT2D eigenvalue weighted by atomic mass is 9.46. The van der Waals surface area contributed by atoms with Crippen LogP contribution in [0, 0.1) is 34.5 Å². The topological polar surface area (TPSA) is 69.6 Å². The van der Waals surface area contributed by atoms with Gasteiger partial charge in [0.15, 0.2) is 5.78 Å². The van der Waals surface area contributed by atoms with E-state index < -0.39 is 0 Å². The van der Waals surface area contributed by atoms with Crippen LogP contribution in [-0.2, 0) is 9.59 Å². The van der Waals surface area contributed by atoms with Crippen LogP contribution < -0.4 is 5.32 Å². The minimum absolute atomic E-state index is 0.0434. The molecule has 1 heterocycles. The summed E-state index contributed by atoms with van der Waals surface area (Å²) in [5.74, 6) is 1.87. The lowest BCUT2D eigenvalue weighted by Crippen LogP contribution is -2.58. The number of piperazine rings is 1. The van der Waals surface area contributed by atoms with E-state index in [1.807, 2.05) is 6.08 Å². The molecule has 4 unspecified atom stereocenters. The first-order valence-electron chi connectivity index (χ1n) is 11.8. The molecule has 7 atom stereocenters. The monoisotopic (exact) mass is 400 g/mol. The summed E-state index contributed by atoms with van der Waals surface area (Å²) in [6, 6.07) is 0. The number of carbonyl (C=O) groups excluding carboxylic acids is 2. The number of ketones is 1. The van der Waals surface area contributed by atoms with E-state index in [4.69, 9.17) is 0 Å². The number of nitrogens with one attached hydrogen (secondary N) is 1. The summed E-state index contributed by atoms with van der Waals surface area (Å²) in [5.41, 5.74) is 1.15. The molecule has 0 aromatic rings. The number of aliphatic hydroxyl groups is 1. The van der Waals surface area contributed by atoms with Gasteiger partial charge in [-0.1, -0.05) is 19.4 Å². The maximum atomic E-state index is 13.4. The molecule has 3 saturated carbocycles. The second kappa shape index (κ2) is 6.91. The van der Waals surface area contributed by atoms with E-state index in [9.17, 15) is 14.7 Å². The first kappa shape index (κ1) is 19.7. The zero-order valence-corrected chi connectivity index (χ0v) is 18.0. The number of hydrogen-bond acceptors (Lipinski definition) is 4. The molecule has 5 aliphatic rings. The highest BCUT2D eigenvalue weighted by Gasteiger charge is 2.63. The Balaban J connectivity index is 1.43. The number of aliphatic hydroxyl groups excluding tert-OH is 1. The second-order valence-corrected chi connectivity index (χ2v) is 10.9. The molecule has 5 heteroatoms. The Morgan fingerprint density at radius 2 is 1.93 bits per heavy atom. The number of rotatable bonds is 1. The Bertz CT molecular complexity index is 742. The Hall–Kier alpha value is -1.20. The minimum Gasteiger partial charge on any atom is -0.393 e. The molecule has 0 spiro atoms.